The van der Waals surface area contributed by atoms with E-state index < -0.39 is 0 Å². The van der Waals surface area contributed by atoms with Crippen molar-refractivity contribution >= 4 is 44.6 Å². The van der Waals surface area contributed by atoms with Gasteiger partial charge in [0.25, 0.3) is 0 Å². The molecule has 0 spiro atoms. The van der Waals surface area contributed by atoms with Gasteiger partial charge < -0.3 is 10.2 Å². The molecule has 2 aromatic heterocycles. The van der Waals surface area contributed by atoms with Crippen LogP contribution in [0.2, 0.25) is 0 Å². The first-order valence-corrected chi connectivity index (χ1v) is 11.8. The topological polar surface area (TPSA) is 116 Å². The molecule has 6 aromatic rings. The van der Waals surface area contributed by atoms with Gasteiger partial charge in [0.05, 0.1) is 0 Å². The van der Waals surface area contributed by atoms with Gasteiger partial charge in [0.15, 0.2) is 23.1 Å². The largest absolute Gasteiger partial charge is 0.505 e. The Morgan fingerprint density at radius 3 is 1.26 bits per heavy atom. The minimum atomic E-state index is 0. The Kier molecular flexibility index (Phi) is 9.03. The molecular formula is C30H22CuN6O2. The van der Waals surface area contributed by atoms with Crippen molar-refractivity contribution in [3.8, 4) is 11.5 Å². The molecule has 2 heterocycles. The third kappa shape index (κ3) is 6.67. The van der Waals surface area contributed by atoms with E-state index in [0.717, 1.165) is 21.5 Å². The fourth-order valence-electron chi connectivity index (χ4n) is 3.68. The fourth-order valence-corrected chi connectivity index (χ4v) is 3.68. The van der Waals surface area contributed by atoms with E-state index in [-0.39, 0.29) is 28.6 Å². The molecule has 9 heteroatoms. The number of phenols is 2. The summed E-state index contributed by atoms with van der Waals surface area (Å²) in [5.41, 5.74) is 0.869. The summed E-state index contributed by atoms with van der Waals surface area (Å²) in [5.74, 6) is 1.29. The first kappa shape index (κ1) is 27.1. The zero-order valence-electron chi connectivity index (χ0n) is 20.4. The summed E-state index contributed by atoms with van der Waals surface area (Å²) < 4.78 is 0. The second-order valence-corrected chi connectivity index (χ2v) is 8.08. The molecule has 195 valence electrons. The number of nitrogens with zero attached hydrogens (tertiary/aromatic N) is 6. The van der Waals surface area contributed by atoms with E-state index in [9.17, 15) is 10.2 Å². The number of pyridine rings is 2. The van der Waals surface area contributed by atoms with Crippen LogP contribution in [0.3, 0.4) is 0 Å². The molecule has 1 radical (unpaired) electrons. The monoisotopic (exact) mass is 561 g/mol. The number of azo groups is 2. The molecule has 0 atom stereocenters. The molecule has 0 amide bonds. The summed E-state index contributed by atoms with van der Waals surface area (Å²) in [4.78, 5) is 8.09. The zero-order chi connectivity index (χ0) is 26.2. The van der Waals surface area contributed by atoms with Gasteiger partial charge in [-0.05, 0) is 47.2 Å². The molecule has 0 aliphatic carbocycles. The molecule has 39 heavy (non-hydrogen) atoms. The Labute approximate surface area is 234 Å². The molecule has 0 saturated carbocycles. The van der Waals surface area contributed by atoms with Crippen LogP contribution in [0.5, 0.6) is 11.5 Å². The Hall–Kier alpha value is -4.98. The average molecular weight is 562 g/mol. The minimum Gasteiger partial charge on any atom is -0.505 e. The van der Waals surface area contributed by atoms with Gasteiger partial charge in [-0.15, -0.1) is 20.5 Å². The molecule has 0 bridgehead atoms. The minimum absolute atomic E-state index is 0. The predicted molar refractivity (Wildman–Crippen MR) is 148 cm³/mol. The van der Waals surface area contributed by atoms with Crippen LogP contribution in [0.1, 0.15) is 0 Å². The maximum absolute atomic E-state index is 10.2. The van der Waals surface area contributed by atoms with Gasteiger partial charge in [0.2, 0.25) is 0 Å². The summed E-state index contributed by atoms with van der Waals surface area (Å²) in [6.07, 6.45) is 3.29. The number of aromatic hydroxyl groups is 2. The van der Waals surface area contributed by atoms with Crippen LogP contribution in [-0.4, -0.2) is 20.2 Å². The Bertz CT molecular complexity index is 1610. The van der Waals surface area contributed by atoms with Crippen molar-refractivity contribution in [2.45, 2.75) is 0 Å². The summed E-state index contributed by atoms with van der Waals surface area (Å²) >= 11 is 0. The SMILES string of the molecule is Oc1c(N=Nc2ccccn2)ccc2ccccc12.Oc1c(N=Nc2ccccn2)ccc2ccccc12.[Cu]. The van der Waals surface area contributed by atoms with E-state index in [2.05, 4.69) is 30.4 Å². The van der Waals surface area contributed by atoms with Crippen LogP contribution in [0.25, 0.3) is 21.5 Å². The maximum atomic E-state index is 10.2. The Balaban J connectivity index is 0.000000176. The number of phenolic OH excluding ortho intramolecular Hbond substituents is 2. The van der Waals surface area contributed by atoms with Gasteiger partial charge in [-0.1, -0.05) is 72.8 Å². The van der Waals surface area contributed by atoms with E-state index in [1.165, 1.54) is 0 Å². The van der Waals surface area contributed by atoms with E-state index in [1.54, 1.807) is 36.7 Å². The molecule has 2 N–H and O–H groups in total. The first-order chi connectivity index (χ1) is 18.7. The van der Waals surface area contributed by atoms with E-state index in [1.807, 2.05) is 84.9 Å². The molecule has 0 aliphatic heterocycles. The number of hydrogen-bond donors (Lipinski definition) is 2. The standard InChI is InChI=1S/2C15H11N3O.Cu/c2*19-15-12-6-2-1-5-11(12)8-9-13(15)17-18-14-7-3-4-10-16-14;/h2*1-10,19H;. The maximum Gasteiger partial charge on any atom is 0.174 e. The van der Waals surface area contributed by atoms with Crippen LogP contribution in [0.15, 0.2) is 142 Å². The second-order valence-electron chi connectivity index (χ2n) is 8.08. The van der Waals surface area contributed by atoms with Crippen molar-refractivity contribution in [2.75, 3.05) is 0 Å². The fraction of sp³-hybridized carbons (Fsp3) is 0. The molecule has 4 aromatic carbocycles. The number of hydrogen-bond acceptors (Lipinski definition) is 8. The summed E-state index contributed by atoms with van der Waals surface area (Å²) in [6.45, 7) is 0. The van der Waals surface area contributed by atoms with Crippen LogP contribution < -0.4 is 0 Å². The number of rotatable bonds is 4. The second kappa shape index (κ2) is 13.0. The number of aromatic nitrogens is 2. The Morgan fingerprint density at radius 1 is 0.436 bits per heavy atom. The van der Waals surface area contributed by atoms with Gasteiger partial charge in [0.1, 0.15) is 11.4 Å². The van der Waals surface area contributed by atoms with E-state index in [0.29, 0.717) is 23.0 Å². The molecule has 0 saturated heterocycles. The molecule has 8 nitrogen and oxygen atoms in total. The van der Waals surface area contributed by atoms with Crippen molar-refractivity contribution in [3.63, 3.8) is 0 Å². The predicted octanol–water partition coefficient (Wildman–Crippen LogP) is 8.71. The van der Waals surface area contributed by atoms with Crippen molar-refractivity contribution in [1.82, 2.24) is 9.97 Å². The first-order valence-electron chi connectivity index (χ1n) is 11.8. The van der Waals surface area contributed by atoms with Crippen molar-refractivity contribution < 1.29 is 27.3 Å². The third-order valence-electron chi connectivity index (χ3n) is 5.58. The van der Waals surface area contributed by atoms with Crippen molar-refractivity contribution in [2.24, 2.45) is 20.5 Å². The molecule has 0 aliphatic rings. The zero-order valence-corrected chi connectivity index (χ0v) is 21.4. The molecule has 6 rings (SSSR count). The van der Waals surface area contributed by atoms with Gasteiger partial charge in [-0.3, -0.25) is 0 Å². The summed E-state index contributed by atoms with van der Waals surface area (Å²) in [6, 6.07) is 33.3. The number of benzene rings is 4. The average Bonchev–Trinajstić information content (AvgIpc) is 2.98. The van der Waals surface area contributed by atoms with E-state index in [4.69, 9.17) is 0 Å². The van der Waals surface area contributed by atoms with Crippen LogP contribution >= 0.6 is 0 Å². The smallest absolute Gasteiger partial charge is 0.174 e. The van der Waals surface area contributed by atoms with Crippen LogP contribution in [0, 0.1) is 0 Å². The van der Waals surface area contributed by atoms with Gasteiger partial charge in [-0.25, -0.2) is 9.97 Å². The summed E-state index contributed by atoms with van der Waals surface area (Å²) in [7, 11) is 0. The van der Waals surface area contributed by atoms with Gasteiger partial charge in [-0.2, -0.15) is 0 Å². The van der Waals surface area contributed by atoms with Crippen LogP contribution in [-0.2, 0) is 17.1 Å². The number of fused-ring (bicyclic) bond motifs is 2. The van der Waals surface area contributed by atoms with Gasteiger partial charge in [0, 0.05) is 40.2 Å². The molecule has 0 unspecified atom stereocenters. The third-order valence-corrected chi connectivity index (χ3v) is 5.58. The molecular weight excluding hydrogens is 540 g/mol. The summed E-state index contributed by atoms with van der Waals surface area (Å²) in [5, 5.41) is 39.8. The van der Waals surface area contributed by atoms with Crippen molar-refractivity contribution in [1.29, 1.82) is 0 Å². The van der Waals surface area contributed by atoms with Crippen molar-refractivity contribution in [3.05, 3.63) is 122 Å². The normalized spacial score (nSPS) is 10.9. The quantitative estimate of drug-likeness (QED) is 0.165. The van der Waals surface area contributed by atoms with Gasteiger partial charge >= 0.3 is 0 Å². The van der Waals surface area contributed by atoms with Crippen LogP contribution in [0.4, 0.5) is 23.0 Å². The Morgan fingerprint density at radius 2 is 0.846 bits per heavy atom. The van der Waals surface area contributed by atoms with E-state index >= 15 is 0 Å². The molecule has 0 fully saturated rings.